The van der Waals surface area contributed by atoms with Gasteiger partial charge >= 0.3 is 0 Å². The van der Waals surface area contributed by atoms with Gasteiger partial charge in [-0.1, -0.05) is 4.49 Å². The molecule has 0 spiro atoms. The van der Waals surface area contributed by atoms with E-state index in [9.17, 15) is 0 Å². The molecule has 0 saturated heterocycles. The van der Waals surface area contributed by atoms with Crippen molar-refractivity contribution >= 4 is 28.3 Å². The van der Waals surface area contributed by atoms with Gasteiger partial charge in [-0.25, -0.2) is 4.98 Å². The van der Waals surface area contributed by atoms with Gasteiger partial charge in [0.2, 0.25) is 5.89 Å². The van der Waals surface area contributed by atoms with Crippen LogP contribution in [0.1, 0.15) is 5.69 Å². The molecular formula is C10H8N4OS. The van der Waals surface area contributed by atoms with Gasteiger partial charge in [-0.3, -0.25) is 0 Å². The van der Waals surface area contributed by atoms with E-state index in [2.05, 4.69) is 14.6 Å². The summed E-state index contributed by atoms with van der Waals surface area (Å²) < 4.78 is 9.46. The summed E-state index contributed by atoms with van der Waals surface area (Å²) in [4.78, 5) is 5.22. The van der Waals surface area contributed by atoms with Crippen LogP contribution >= 0.6 is 11.5 Å². The average molecular weight is 232 g/mol. The summed E-state index contributed by atoms with van der Waals surface area (Å²) in [6, 6.07) is 5.38. The molecule has 6 heteroatoms. The highest BCUT2D eigenvalue weighted by molar-refractivity contribution is 7.09. The summed E-state index contributed by atoms with van der Waals surface area (Å²) in [5.41, 5.74) is 8.65. The van der Waals surface area contributed by atoms with Gasteiger partial charge in [-0.2, -0.15) is 0 Å². The predicted octanol–water partition coefficient (Wildman–Crippen LogP) is 2.24. The minimum absolute atomic E-state index is 0.549. The van der Waals surface area contributed by atoms with Crippen molar-refractivity contribution < 1.29 is 4.42 Å². The Labute approximate surface area is 95.1 Å². The molecule has 2 N–H and O–H groups in total. The number of benzene rings is 1. The quantitative estimate of drug-likeness (QED) is 0.651. The van der Waals surface area contributed by atoms with E-state index in [0.717, 1.165) is 21.7 Å². The van der Waals surface area contributed by atoms with E-state index in [4.69, 9.17) is 10.2 Å². The fourth-order valence-corrected chi connectivity index (χ4v) is 2.05. The Morgan fingerprint density at radius 3 is 3.00 bits per heavy atom. The summed E-state index contributed by atoms with van der Waals surface area (Å²) in [5, 5.41) is 3.92. The third kappa shape index (κ3) is 1.35. The molecule has 0 aliphatic carbocycles. The molecule has 0 bridgehead atoms. The first kappa shape index (κ1) is 9.29. The first-order valence-corrected chi connectivity index (χ1v) is 5.47. The van der Waals surface area contributed by atoms with Gasteiger partial charge < -0.3 is 10.2 Å². The Kier molecular flexibility index (Phi) is 1.90. The minimum Gasteiger partial charge on any atom is -0.435 e. The largest absolute Gasteiger partial charge is 0.435 e. The Balaban J connectivity index is 2.23. The van der Waals surface area contributed by atoms with Crippen LogP contribution in [0.5, 0.6) is 0 Å². The molecule has 16 heavy (non-hydrogen) atoms. The topological polar surface area (TPSA) is 77.8 Å². The van der Waals surface area contributed by atoms with Crippen molar-refractivity contribution in [1.29, 1.82) is 0 Å². The van der Waals surface area contributed by atoms with Gasteiger partial charge in [0, 0.05) is 5.69 Å². The number of nitrogens with two attached hydrogens (primary N) is 1. The zero-order valence-electron chi connectivity index (χ0n) is 8.47. The van der Waals surface area contributed by atoms with E-state index in [1.807, 2.05) is 13.0 Å². The molecule has 2 heterocycles. The van der Waals surface area contributed by atoms with E-state index in [1.54, 1.807) is 12.1 Å². The van der Waals surface area contributed by atoms with Gasteiger partial charge in [0.25, 0.3) is 0 Å². The lowest BCUT2D eigenvalue weighted by Gasteiger charge is -1.88. The number of fused-ring (bicyclic) bond motifs is 1. The van der Waals surface area contributed by atoms with Crippen LogP contribution in [0.15, 0.2) is 22.6 Å². The molecule has 0 amide bonds. The molecule has 2 aromatic heterocycles. The number of hydrogen-bond donors (Lipinski definition) is 1. The number of oxazole rings is 1. The van der Waals surface area contributed by atoms with E-state index in [0.29, 0.717) is 11.6 Å². The lowest BCUT2D eigenvalue weighted by molar-refractivity contribution is 0.621. The normalized spacial score (nSPS) is 11.1. The summed E-state index contributed by atoms with van der Waals surface area (Å²) in [7, 11) is 0. The molecule has 0 aliphatic rings. The van der Waals surface area contributed by atoms with E-state index in [-0.39, 0.29) is 0 Å². The molecule has 0 aliphatic heterocycles. The van der Waals surface area contributed by atoms with Crippen LogP contribution in [0, 0.1) is 6.92 Å². The van der Waals surface area contributed by atoms with Crippen molar-refractivity contribution in [3.63, 3.8) is 0 Å². The maximum Gasteiger partial charge on any atom is 0.241 e. The van der Waals surface area contributed by atoms with Gasteiger partial charge in [0.05, 0.1) is 5.69 Å². The van der Waals surface area contributed by atoms with Crippen molar-refractivity contribution in [3.05, 3.63) is 23.9 Å². The number of nitrogen functional groups attached to an aromatic ring is 1. The molecule has 0 saturated carbocycles. The number of nitrogens with zero attached hydrogens (tertiary/aromatic N) is 3. The molecule has 0 unspecified atom stereocenters. The van der Waals surface area contributed by atoms with E-state index < -0.39 is 0 Å². The molecule has 5 nitrogen and oxygen atoms in total. The zero-order chi connectivity index (χ0) is 11.1. The Morgan fingerprint density at radius 1 is 1.38 bits per heavy atom. The number of anilines is 1. The molecular weight excluding hydrogens is 224 g/mol. The Bertz CT molecular complexity index is 658. The van der Waals surface area contributed by atoms with Gasteiger partial charge in [0.1, 0.15) is 10.4 Å². The van der Waals surface area contributed by atoms with Crippen LogP contribution in [0.2, 0.25) is 0 Å². The number of aromatic nitrogens is 3. The lowest BCUT2D eigenvalue weighted by atomic mass is 10.3. The monoisotopic (exact) mass is 232 g/mol. The standard InChI is InChI=1S/C10H8N4OS/c1-5-9(16-14-13-5)10-12-7-4-6(11)2-3-8(7)15-10/h2-4H,11H2,1H3. The van der Waals surface area contributed by atoms with Crippen LogP contribution in [0.4, 0.5) is 5.69 Å². The fourth-order valence-electron chi connectivity index (χ4n) is 1.47. The van der Waals surface area contributed by atoms with Crippen LogP contribution in [-0.4, -0.2) is 14.6 Å². The number of aryl methyl sites for hydroxylation is 1. The lowest BCUT2D eigenvalue weighted by Crippen LogP contribution is -1.82. The van der Waals surface area contributed by atoms with E-state index in [1.165, 1.54) is 11.5 Å². The first-order valence-electron chi connectivity index (χ1n) is 4.69. The van der Waals surface area contributed by atoms with E-state index >= 15 is 0 Å². The molecule has 0 atom stereocenters. The van der Waals surface area contributed by atoms with Gasteiger partial charge in [-0.05, 0) is 36.7 Å². The van der Waals surface area contributed by atoms with Crippen molar-refractivity contribution in [1.82, 2.24) is 14.6 Å². The van der Waals surface area contributed by atoms with Crippen LogP contribution in [0.25, 0.3) is 21.9 Å². The van der Waals surface area contributed by atoms with Gasteiger partial charge in [-0.15, -0.1) is 5.10 Å². The number of rotatable bonds is 1. The summed E-state index contributed by atoms with van der Waals surface area (Å²) in [6.45, 7) is 1.88. The van der Waals surface area contributed by atoms with Crippen LogP contribution in [0.3, 0.4) is 0 Å². The third-order valence-corrected chi connectivity index (χ3v) is 3.07. The number of hydrogen-bond acceptors (Lipinski definition) is 6. The zero-order valence-corrected chi connectivity index (χ0v) is 9.28. The average Bonchev–Trinajstić information content (AvgIpc) is 2.82. The Hall–Kier alpha value is -1.95. The van der Waals surface area contributed by atoms with Crippen molar-refractivity contribution in [2.24, 2.45) is 0 Å². The van der Waals surface area contributed by atoms with Crippen LogP contribution < -0.4 is 5.73 Å². The Morgan fingerprint density at radius 2 is 2.25 bits per heavy atom. The predicted molar refractivity (Wildman–Crippen MR) is 62.1 cm³/mol. The molecule has 3 rings (SSSR count). The van der Waals surface area contributed by atoms with Crippen molar-refractivity contribution in [3.8, 4) is 10.8 Å². The fraction of sp³-hybridized carbons (Fsp3) is 0.100. The SMILES string of the molecule is Cc1nnsc1-c1nc2cc(N)ccc2o1. The maximum absolute atomic E-state index is 5.68. The smallest absolute Gasteiger partial charge is 0.241 e. The molecule has 3 aromatic rings. The molecule has 0 radical (unpaired) electrons. The van der Waals surface area contributed by atoms with Crippen molar-refractivity contribution in [2.75, 3.05) is 5.73 Å². The third-order valence-electron chi connectivity index (χ3n) is 2.26. The van der Waals surface area contributed by atoms with Gasteiger partial charge in [0.15, 0.2) is 5.58 Å². The first-order chi connectivity index (χ1) is 7.74. The summed E-state index contributed by atoms with van der Waals surface area (Å²) >= 11 is 1.27. The second kappa shape index (κ2) is 3.28. The minimum atomic E-state index is 0.549. The summed E-state index contributed by atoms with van der Waals surface area (Å²) in [6.07, 6.45) is 0. The molecule has 1 aromatic carbocycles. The van der Waals surface area contributed by atoms with Crippen LogP contribution in [-0.2, 0) is 0 Å². The summed E-state index contributed by atoms with van der Waals surface area (Å²) in [5.74, 6) is 0.549. The van der Waals surface area contributed by atoms with Crippen molar-refractivity contribution in [2.45, 2.75) is 6.92 Å². The maximum atomic E-state index is 5.68. The molecule has 80 valence electrons. The highest BCUT2D eigenvalue weighted by Gasteiger charge is 2.13. The highest BCUT2D eigenvalue weighted by Crippen LogP contribution is 2.28. The second-order valence-electron chi connectivity index (χ2n) is 3.43. The second-order valence-corrected chi connectivity index (χ2v) is 4.19. The molecule has 0 fully saturated rings. The highest BCUT2D eigenvalue weighted by atomic mass is 32.1.